The lowest BCUT2D eigenvalue weighted by Crippen LogP contribution is -3.23. The summed E-state index contributed by atoms with van der Waals surface area (Å²) in [7, 11) is 0. The Morgan fingerprint density at radius 2 is 1.32 bits per heavy atom. The van der Waals surface area contributed by atoms with Crippen LogP contribution in [0.25, 0.3) is 0 Å². The molecule has 0 amide bonds. The Morgan fingerprint density at radius 3 is 1.94 bits per heavy atom. The molecular formula is C27H27N2O2+. The lowest BCUT2D eigenvalue weighted by molar-refractivity contribution is -0.938. The molecule has 0 unspecified atom stereocenters. The van der Waals surface area contributed by atoms with E-state index in [1.165, 1.54) is 16.8 Å². The quantitative estimate of drug-likeness (QED) is 0.674. The topological polar surface area (TPSA) is 41.8 Å². The van der Waals surface area contributed by atoms with E-state index in [9.17, 15) is 9.59 Å². The molecule has 1 saturated heterocycles. The number of hydrogen-bond donors (Lipinski definition) is 1. The second kappa shape index (κ2) is 7.47. The smallest absolute Gasteiger partial charge is 0.250 e. The van der Waals surface area contributed by atoms with E-state index in [-0.39, 0.29) is 11.6 Å². The van der Waals surface area contributed by atoms with Crippen LogP contribution in [0.4, 0.5) is 5.69 Å². The standard InChI is InChI=1S/C27H26N2O2/c1-19-9-8-14-24(20(19)2)28-15-17-29(18-16-28)27(21-10-4-3-5-11-21)25(30)22-12-6-7-13-23(22)26(27)31/h3-14H,15-18H2,1-2H3/p+1. The first-order valence-electron chi connectivity index (χ1n) is 11.0. The predicted octanol–water partition coefficient (Wildman–Crippen LogP) is 2.98. The minimum atomic E-state index is -1.18. The second-order valence-electron chi connectivity index (χ2n) is 8.63. The molecule has 0 atom stereocenters. The van der Waals surface area contributed by atoms with Gasteiger partial charge in [-0.3, -0.25) is 9.59 Å². The Bertz CT molecular complexity index is 1130. The second-order valence-corrected chi connectivity index (χ2v) is 8.63. The molecular weight excluding hydrogens is 384 g/mol. The maximum atomic E-state index is 13.8. The third kappa shape index (κ3) is 2.86. The fourth-order valence-electron chi connectivity index (χ4n) is 5.33. The van der Waals surface area contributed by atoms with Crippen molar-refractivity contribution in [1.29, 1.82) is 0 Å². The maximum Gasteiger partial charge on any atom is 0.250 e. The highest BCUT2D eigenvalue weighted by Crippen LogP contribution is 2.36. The Morgan fingerprint density at radius 1 is 0.742 bits per heavy atom. The molecule has 1 heterocycles. The summed E-state index contributed by atoms with van der Waals surface area (Å²) >= 11 is 0. The van der Waals surface area contributed by atoms with Gasteiger partial charge in [0.25, 0.3) is 5.54 Å². The van der Waals surface area contributed by atoms with Gasteiger partial charge in [-0.15, -0.1) is 0 Å². The van der Waals surface area contributed by atoms with Crippen molar-refractivity contribution in [3.8, 4) is 0 Å². The van der Waals surface area contributed by atoms with Crippen LogP contribution in [-0.2, 0) is 5.54 Å². The van der Waals surface area contributed by atoms with Gasteiger partial charge in [0.15, 0.2) is 0 Å². The minimum absolute atomic E-state index is 0.0607. The average molecular weight is 412 g/mol. The van der Waals surface area contributed by atoms with Crippen LogP contribution in [0.5, 0.6) is 0 Å². The Kier molecular flexibility index (Phi) is 4.75. The number of ketones is 2. The fraction of sp³-hybridized carbons (Fsp3) is 0.259. The Balaban J connectivity index is 1.53. The number of nitrogens with zero attached hydrogens (tertiary/aromatic N) is 1. The number of piperazine rings is 1. The summed E-state index contributed by atoms with van der Waals surface area (Å²) < 4.78 is 0. The minimum Gasteiger partial charge on any atom is -0.360 e. The van der Waals surface area contributed by atoms with Gasteiger partial charge in [0.05, 0.1) is 26.2 Å². The van der Waals surface area contributed by atoms with Gasteiger partial charge in [-0.2, -0.15) is 0 Å². The van der Waals surface area contributed by atoms with E-state index in [1.54, 1.807) is 12.1 Å². The summed E-state index contributed by atoms with van der Waals surface area (Å²) in [5.74, 6) is -0.121. The van der Waals surface area contributed by atoms with Crippen molar-refractivity contribution in [2.45, 2.75) is 19.4 Å². The highest BCUT2D eigenvalue weighted by Gasteiger charge is 2.62. The van der Waals surface area contributed by atoms with Gasteiger partial charge in [0, 0.05) is 22.4 Å². The molecule has 31 heavy (non-hydrogen) atoms. The molecule has 3 aromatic rings. The molecule has 156 valence electrons. The largest absolute Gasteiger partial charge is 0.360 e. The molecule has 0 saturated carbocycles. The van der Waals surface area contributed by atoms with E-state index < -0.39 is 5.54 Å². The third-order valence-corrected chi connectivity index (χ3v) is 7.12. The highest BCUT2D eigenvalue weighted by molar-refractivity contribution is 6.31. The molecule has 0 aromatic heterocycles. The van der Waals surface area contributed by atoms with Gasteiger partial charge in [-0.25, -0.2) is 0 Å². The van der Waals surface area contributed by atoms with Gasteiger partial charge in [-0.05, 0) is 31.0 Å². The van der Waals surface area contributed by atoms with E-state index in [1.807, 2.05) is 42.5 Å². The number of carbonyl (C=O) groups excluding carboxylic acids is 2. The molecule has 4 heteroatoms. The first kappa shape index (κ1) is 19.7. The van der Waals surface area contributed by atoms with Crippen LogP contribution >= 0.6 is 0 Å². The molecule has 1 aliphatic heterocycles. The molecule has 1 aliphatic carbocycles. The number of Topliss-reactive ketones (excluding diaryl/α,β-unsaturated/α-hetero) is 2. The lowest BCUT2D eigenvalue weighted by Gasteiger charge is -2.42. The average Bonchev–Trinajstić information content (AvgIpc) is 3.04. The van der Waals surface area contributed by atoms with Crippen LogP contribution in [0.15, 0.2) is 72.8 Å². The van der Waals surface area contributed by atoms with Crippen LogP contribution in [0, 0.1) is 13.8 Å². The van der Waals surface area contributed by atoms with Crippen LogP contribution in [0.2, 0.25) is 0 Å². The molecule has 4 nitrogen and oxygen atoms in total. The summed E-state index contributed by atoms with van der Waals surface area (Å²) in [6.45, 7) is 7.38. The maximum absolute atomic E-state index is 13.8. The van der Waals surface area contributed by atoms with Crippen molar-refractivity contribution in [3.63, 3.8) is 0 Å². The first-order chi connectivity index (χ1) is 15.0. The van der Waals surface area contributed by atoms with E-state index in [4.69, 9.17) is 0 Å². The van der Waals surface area contributed by atoms with Gasteiger partial charge in [-0.1, -0.05) is 66.7 Å². The van der Waals surface area contributed by atoms with E-state index in [2.05, 4.69) is 36.9 Å². The zero-order valence-electron chi connectivity index (χ0n) is 18.0. The number of benzene rings is 3. The van der Waals surface area contributed by atoms with Gasteiger partial charge < -0.3 is 9.80 Å². The number of carbonyl (C=O) groups is 2. The van der Waals surface area contributed by atoms with Crippen LogP contribution in [-0.4, -0.2) is 37.7 Å². The van der Waals surface area contributed by atoms with Crippen molar-refractivity contribution < 1.29 is 14.5 Å². The van der Waals surface area contributed by atoms with E-state index in [0.717, 1.165) is 36.6 Å². The van der Waals surface area contributed by atoms with Crippen molar-refractivity contribution in [3.05, 3.63) is 101 Å². The first-order valence-corrected chi connectivity index (χ1v) is 11.0. The van der Waals surface area contributed by atoms with Gasteiger partial charge >= 0.3 is 0 Å². The molecule has 1 fully saturated rings. The molecule has 0 bridgehead atoms. The summed E-state index contributed by atoms with van der Waals surface area (Å²) in [5, 5.41) is 0. The zero-order chi connectivity index (χ0) is 21.6. The molecule has 0 radical (unpaired) electrons. The van der Waals surface area contributed by atoms with E-state index in [0.29, 0.717) is 11.1 Å². The molecule has 0 spiro atoms. The normalized spacial score (nSPS) is 18.3. The van der Waals surface area contributed by atoms with Crippen molar-refractivity contribution in [2.24, 2.45) is 0 Å². The zero-order valence-corrected chi connectivity index (χ0v) is 18.0. The molecule has 1 N–H and O–H groups in total. The van der Waals surface area contributed by atoms with Crippen molar-refractivity contribution >= 4 is 17.3 Å². The van der Waals surface area contributed by atoms with Gasteiger partial charge in [0.1, 0.15) is 0 Å². The number of aryl methyl sites for hydroxylation is 1. The van der Waals surface area contributed by atoms with Crippen molar-refractivity contribution in [1.82, 2.24) is 0 Å². The van der Waals surface area contributed by atoms with Crippen molar-refractivity contribution in [2.75, 3.05) is 31.1 Å². The van der Waals surface area contributed by atoms with Crippen LogP contribution in [0.1, 0.15) is 37.4 Å². The fourth-order valence-corrected chi connectivity index (χ4v) is 5.33. The number of nitrogens with one attached hydrogen (secondary N) is 1. The highest BCUT2D eigenvalue weighted by atomic mass is 16.2. The van der Waals surface area contributed by atoms with Gasteiger partial charge in [0.2, 0.25) is 11.6 Å². The lowest BCUT2D eigenvalue weighted by atomic mass is 9.82. The summed E-state index contributed by atoms with van der Waals surface area (Å²) in [5.41, 5.74) is 4.56. The SMILES string of the molecule is Cc1cccc(N2CC[NH+](C3(c4ccccc4)C(=O)c4ccccc4C3=O)CC2)c1C. The Labute approximate surface area is 183 Å². The number of rotatable bonds is 3. The molecule has 2 aliphatic rings. The predicted molar refractivity (Wildman–Crippen MR) is 122 cm³/mol. The number of fused-ring (bicyclic) bond motifs is 1. The van der Waals surface area contributed by atoms with E-state index >= 15 is 0 Å². The summed E-state index contributed by atoms with van der Waals surface area (Å²) in [4.78, 5) is 31.1. The number of anilines is 1. The van der Waals surface area contributed by atoms with Crippen LogP contribution in [0.3, 0.4) is 0 Å². The third-order valence-electron chi connectivity index (χ3n) is 7.12. The molecule has 3 aromatic carbocycles. The molecule has 5 rings (SSSR count). The van der Waals surface area contributed by atoms with Crippen LogP contribution < -0.4 is 9.80 Å². The number of quaternary nitrogens is 1. The summed E-state index contributed by atoms with van der Waals surface area (Å²) in [6, 6.07) is 23.3. The number of hydrogen-bond acceptors (Lipinski definition) is 3. The Hall–Kier alpha value is -3.24. The monoisotopic (exact) mass is 411 g/mol. The summed E-state index contributed by atoms with van der Waals surface area (Å²) in [6.07, 6.45) is 0.